The minimum absolute atomic E-state index is 0.0587. The van der Waals surface area contributed by atoms with E-state index in [0.717, 1.165) is 38.5 Å². The summed E-state index contributed by atoms with van der Waals surface area (Å²) in [5.74, 6) is 1.02. The van der Waals surface area contributed by atoms with Crippen LogP contribution in [0.25, 0.3) is 0 Å². The molecule has 2 unspecified atom stereocenters. The molecule has 5 nitrogen and oxygen atoms in total. The minimum Gasteiger partial charge on any atom is -0.389 e. The molecule has 1 heterocycles. The van der Waals surface area contributed by atoms with Crippen molar-refractivity contribution in [3.63, 3.8) is 0 Å². The Kier molecular flexibility index (Phi) is 3.92. The van der Waals surface area contributed by atoms with Crippen LogP contribution >= 0.6 is 0 Å². The lowest BCUT2D eigenvalue weighted by Crippen LogP contribution is -2.63. The molecule has 3 N–H and O–H groups in total. The highest BCUT2D eigenvalue weighted by atomic mass is 16.3. The number of aliphatic hydroxyl groups is 3. The molecule has 28 heavy (non-hydrogen) atoms. The van der Waals surface area contributed by atoms with Gasteiger partial charge in [-0.2, -0.15) is 0 Å². The summed E-state index contributed by atoms with van der Waals surface area (Å²) in [5.41, 5.74) is -1.29. The molecule has 4 aliphatic rings. The summed E-state index contributed by atoms with van der Waals surface area (Å²) in [4.78, 5) is 8.76. The number of fused-ring (bicyclic) bond motifs is 5. The summed E-state index contributed by atoms with van der Waals surface area (Å²) < 4.78 is 0. The van der Waals surface area contributed by atoms with E-state index in [9.17, 15) is 15.3 Å². The zero-order valence-electron chi connectivity index (χ0n) is 16.9. The van der Waals surface area contributed by atoms with Crippen molar-refractivity contribution in [2.24, 2.45) is 22.7 Å². The first-order valence-electron chi connectivity index (χ1n) is 10.9. The van der Waals surface area contributed by atoms with Crippen molar-refractivity contribution in [2.45, 2.75) is 82.5 Å². The van der Waals surface area contributed by atoms with Crippen LogP contribution in [-0.2, 0) is 5.60 Å². The quantitative estimate of drug-likeness (QED) is 0.648. The van der Waals surface area contributed by atoms with Gasteiger partial charge in [-0.25, -0.2) is 9.97 Å². The summed E-state index contributed by atoms with van der Waals surface area (Å²) in [7, 11) is 0. The Morgan fingerprint density at radius 2 is 1.68 bits per heavy atom. The van der Waals surface area contributed by atoms with Gasteiger partial charge in [0.25, 0.3) is 0 Å². The third kappa shape index (κ3) is 2.13. The van der Waals surface area contributed by atoms with Crippen LogP contribution in [0, 0.1) is 22.7 Å². The van der Waals surface area contributed by atoms with E-state index in [1.165, 1.54) is 5.57 Å². The van der Waals surface area contributed by atoms with Crippen LogP contribution in [0.1, 0.15) is 71.0 Å². The molecule has 5 heteroatoms. The highest BCUT2D eigenvalue weighted by molar-refractivity contribution is 5.30. The standard InChI is InChI=1S/C23H32N2O3/c1-20-8-6-16(26)14-15(20)4-5-18-17(20)7-9-21(2)22(18,27)10-11-23(21,28)19-24-12-3-13-25-19/h3,12-14,16-18,26-28H,4-11H2,1-2H3/t16?,17-,18-,20+,21+,22-,23?/m1/s1. The van der Waals surface area contributed by atoms with Crippen molar-refractivity contribution in [3.8, 4) is 0 Å². The molecule has 0 spiro atoms. The minimum atomic E-state index is -1.19. The number of aliphatic hydroxyl groups excluding tert-OH is 1. The Morgan fingerprint density at radius 1 is 0.929 bits per heavy atom. The van der Waals surface area contributed by atoms with Crippen LogP contribution < -0.4 is 0 Å². The summed E-state index contributed by atoms with van der Waals surface area (Å²) in [6, 6.07) is 1.76. The molecule has 5 rings (SSSR count). The summed E-state index contributed by atoms with van der Waals surface area (Å²) in [6.45, 7) is 4.40. The van der Waals surface area contributed by atoms with Crippen molar-refractivity contribution in [1.82, 2.24) is 9.97 Å². The van der Waals surface area contributed by atoms with Gasteiger partial charge in [-0.3, -0.25) is 0 Å². The zero-order valence-corrected chi connectivity index (χ0v) is 16.9. The largest absolute Gasteiger partial charge is 0.389 e. The fourth-order valence-corrected chi connectivity index (χ4v) is 7.57. The normalized spacial score (nSPS) is 50.3. The van der Waals surface area contributed by atoms with E-state index in [2.05, 4.69) is 29.9 Å². The second kappa shape index (κ2) is 5.87. The van der Waals surface area contributed by atoms with Crippen molar-refractivity contribution in [1.29, 1.82) is 0 Å². The average Bonchev–Trinajstić information content (AvgIpc) is 2.91. The van der Waals surface area contributed by atoms with Gasteiger partial charge in [-0.15, -0.1) is 0 Å². The summed E-state index contributed by atoms with van der Waals surface area (Å²) >= 11 is 0. The second-order valence-electron chi connectivity index (χ2n) is 10.2. The van der Waals surface area contributed by atoms with E-state index in [1.807, 2.05) is 0 Å². The van der Waals surface area contributed by atoms with E-state index in [0.29, 0.717) is 24.6 Å². The molecule has 3 fully saturated rings. The van der Waals surface area contributed by atoms with Gasteiger partial charge in [0.15, 0.2) is 5.82 Å². The van der Waals surface area contributed by atoms with Gasteiger partial charge in [0.1, 0.15) is 5.60 Å². The molecule has 0 bridgehead atoms. The van der Waals surface area contributed by atoms with Gasteiger partial charge in [-0.1, -0.05) is 25.5 Å². The van der Waals surface area contributed by atoms with Gasteiger partial charge >= 0.3 is 0 Å². The van der Waals surface area contributed by atoms with Crippen molar-refractivity contribution >= 4 is 0 Å². The van der Waals surface area contributed by atoms with Crippen molar-refractivity contribution < 1.29 is 15.3 Å². The van der Waals surface area contributed by atoms with Crippen LogP contribution in [0.3, 0.4) is 0 Å². The van der Waals surface area contributed by atoms with Gasteiger partial charge in [0, 0.05) is 17.8 Å². The van der Waals surface area contributed by atoms with Gasteiger partial charge in [0.05, 0.1) is 11.7 Å². The highest BCUT2D eigenvalue weighted by Gasteiger charge is 2.72. The number of hydrogen-bond acceptors (Lipinski definition) is 5. The maximum absolute atomic E-state index is 12.1. The SMILES string of the molecule is C[C@]12CCC(O)C=C1CC[C@@H]1[C@H]2CC[C@]2(C)C(O)(c3ncccn3)CC[C@@]12O. The highest BCUT2D eigenvalue weighted by Crippen LogP contribution is 2.70. The van der Waals surface area contributed by atoms with Crippen molar-refractivity contribution in [3.05, 3.63) is 35.9 Å². The topological polar surface area (TPSA) is 86.5 Å². The maximum Gasteiger partial charge on any atom is 0.160 e. The van der Waals surface area contributed by atoms with E-state index in [1.54, 1.807) is 18.5 Å². The molecule has 0 aromatic carbocycles. The maximum atomic E-state index is 12.1. The molecule has 7 atom stereocenters. The third-order valence-corrected chi connectivity index (χ3v) is 9.36. The first kappa shape index (κ1) is 18.7. The predicted octanol–water partition coefficient (Wildman–Crippen LogP) is 3.10. The molecular weight excluding hydrogens is 352 g/mol. The Morgan fingerprint density at radius 3 is 2.43 bits per heavy atom. The third-order valence-electron chi connectivity index (χ3n) is 9.36. The van der Waals surface area contributed by atoms with Crippen LogP contribution in [0.5, 0.6) is 0 Å². The lowest BCUT2D eigenvalue weighted by atomic mass is 9.44. The fraction of sp³-hybridized carbons (Fsp3) is 0.739. The first-order chi connectivity index (χ1) is 13.2. The molecule has 1 aromatic rings. The summed E-state index contributed by atoms with van der Waals surface area (Å²) in [5, 5.41) is 34.0. The van der Waals surface area contributed by atoms with Crippen LogP contribution in [0.15, 0.2) is 30.1 Å². The van der Waals surface area contributed by atoms with Gasteiger partial charge in [-0.05, 0) is 74.7 Å². The molecule has 1 aromatic heterocycles. The number of allylic oxidation sites excluding steroid dienone is 1. The molecular formula is C23H32N2O3. The second-order valence-corrected chi connectivity index (χ2v) is 10.2. The monoisotopic (exact) mass is 384 g/mol. The Bertz CT molecular complexity index is 813. The van der Waals surface area contributed by atoms with Gasteiger partial charge in [0.2, 0.25) is 0 Å². The summed E-state index contributed by atoms with van der Waals surface area (Å²) in [6.07, 6.45) is 11.6. The average molecular weight is 385 g/mol. The van der Waals surface area contributed by atoms with E-state index in [4.69, 9.17) is 0 Å². The number of nitrogens with zero attached hydrogens (tertiary/aromatic N) is 2. The van der Waals surface area contributed by atoms with E-state index < -0.39 is 16.6 Å². The van der Waals surface area contributed by atoms with Crippen LogP contribution in [0.4, 0.5) is 0 Å². The number of hydrogen-bond donors (Lipinski definition) is 3. The molecule has 0 saturated heterocycles. The molecule has 152 valence electrons. The Hall–Kier alpha value is -1.30. The zero-order chi connectivity index (χ0) is 19.8. The molecule has 0 amide bonds. The van der Waals surface area contributed by atoms with Crippen molar-refractivity contribution in [2.75, 3.05) is 0 Å². The molecule has 3 saturated carbocycles. The molecule has 4 aliphatic carbocycles. The van der Waals surface area contributed by atoms with Gasteiger partial charge < -0.3 is 15.3 Å². The molecule has 0 radical (unpaired) electrons. The van der Waals surface area contributed by atoms with Crippen LogP contribution in [-0.4, -0.2) is 37.0 Å². The number of rotatable bonds is 1. The smallest absolute Gasteiger partial charge is 0.160 e. The Balaban J connectivity index is 1.55. The lowest BCUT2D eigenvalue weighted by Gasteiger charge is -2.62. The fourth-order valence-electron chi connectivity index (χ4n) is 7.57. The first-order valence-corrected chi connectivity index (χ1v) is 10.9. The van der Waals surface area contributed by atoms with E-state index in [-0.39, 0.29) is 17.4 Å². The lowest BCUT2D eigenvalue weighted by molar-refractivity contribution is -0.223. The van der Waals surface area contributed by atoms with E-state index >= 15 is 0 Å². The van der Waals surface area contributed by atoms with Crippen LogP contribution in [0.2, 0.25) is 0 Å². The number of aromatic nitrogens is 2. The molecule has 0 aliphatic heterocycles. The Labute approximate surface area is 166 Å². The predicted molar refractivity (Wildman–Crippen MR) is 105 cm³/mol.